The molecular formula is C17H27NO2. The molecule has 3 heteroatoms. The molecule has 1 amide bonds. The summed E-state index contributed by atoms with van der Waals surface area (Å²) < 4.78 is 5.21. The van der Waals surface area contributed by atoms with Gasteiger partial charge >= 0.3 is 6.09 Å². The summed E-state index contributed by atoms with van der Waals surface area (Å²) in [7, 11) is 0. The smallest absolute Gasteiger partial charge is 0.412 e. The number of anilines is 1. The van der Waals surface area contributed by atoms with Crippen LogP contribution in [0.3, 0.4) is 0 Å². The summed E-state index contributed by atoms with van der Waals surface area (Å²) in [6.07, 6.45) is 3.13. The average Bonchev–Trinajstić information content (AvgIpc) is 2.28. The summed E-state index contributed by atoms with van der Waals surface area (Å²) in [6, 6.07) is 7.98. The lowest BCUT2D eigenvalue weighted by molar-refractivity contribution is 0.0636. The number of rotatable bonds is 5. The number of carbonyl (C=O) groups is 1. The molecule has 0 saturated carbocycles. The van der Waals surface area contributed by atoms with Gasteiger partial charge in [0.15, 0.2) is 0 Å². The minimum absolute atomic E-state index is 0.412. The van der Waals surface area contributed by atoms with E-state index in [1.54, 1.807) is 0 Å². The minimum atomic E-state index is -0.471. The van der Waals surface area contributed by atoms with E-state index in [9.17, 15) is 4.79 Å². The SMILES string of the molecule is CC(C)CCCc1ccc(NC(=O)OC(C)(C)C)cc1. The van der Waals surface area contributed by atoms with Gasteiger partial charge in [0, 0.05) is 5.69 Å². The van der Waals surface area contributed by atoms with Crippen molar-refractivity contribution in [2.45, 2.75) is 59.5 Å². The molecule has 1 aromatic carbocycles. The van der Waals surface area contributed by atoms with E-state index in [1.165, 1.54) is 18.4 Å². The fourth-order valence-corrected chi connectivity index (χ4v) is 1.89. The molecule has 0 saturated heterocycles. The number of nitrogens with one attached hydrogen (secondary N) is 1. The highest BCUT2D eigenvalue weighted by atomic mass is 16.6. The first-order chi connectivity index (χ1) is 9.26. The zero-order valence-corrected chi connectivity index (χ0v) is 13.3. The molecule has 0 aliphatic heterocycles. The maximum atomic E-state index is 11.6. The van der Waals surface area contributed by atoms with E-state index in [0.717, 1.165) is 18.0 Å². The van der Waals surface area contributed by atoms with Crippen LogP contribution in [0.15, 0.2) is 24.3 Å². The molecule has 0 radical (unpaired) electrons. The van der Waals surface area contributed by atoms with E-state index in [4.69, 9.17) is 4.74 Å². The molecular weight excluding hydrogens is 250 g/mol. The Balaban J connectivity index is 2.44. The van der Waals surface area contributed by atoms with Crippen LogP contribution < -0.4 is 5.32 Å². The molecule has 0 fully saturated rings. The van der Waals surface area contributed by atoms with Crippen molar-refractivity contribution in [3.8, 4) is 0 Å². The van der Waals surface area contributed by atoms with Gasteiger partial charge in [-0.05, 0) is 57.2 Å². The molecule has 0 bridgehead atoms. The fourth-order valence-electron chi connectivity index (χ4n) is 1.89. The molecule has 0 aliphatic carbocycles. The third-order valence-electron chi connectivity index (χ3n) is 2.85. The lowest BCUT2D eigenvalue weighted by Gasteiger charge is -2.19. The van der Waals surface area contributed by atoms with Crippen LogP contribution in [-0.2, 0) is 11.2 Å². The lowest BCUT2D eigenvalue weighted by atomic mass is 10.0. The van der Waals surface area contributed by atoms with E-state index in [-0.39, 0.29) is 0 Å². The quantitative estimate of drug-likeness (QED) is 0.821. The van der Waals surface area contributed by atoms with Crippen molar-refractivity contribution in [2.24, 2.45) is 5.92 Å². The second-order valence-electron chi connectivity index (χ2n) is 6.61. The molecule has 3 nitrogen and oxygen atoms in total. The van der Waals surface area contributed by atoms with Crippen molar-refractivity contribution < 1.29 is 9.53 Å². The highest BCUT2D eigenvalue weighted by molar-refractivity contribution is 5.84. The van der Waals surface area contributed by atoms with E-state index in [0.29, 0.717) is 0 Å². The summed E-state index contributed by atoms with van der Waals surface area (Å²) in [6.45, 7) is 10.0. The number of amides is 1. The Labute approximate surface area is 122 Å². The van der Waals surface area contributed by atoms with Crippen LogP contribution in [-0.4, -0.2) is 11.7 Å². The molecule has 112 valence electrons. The van der Waals surface area contributed by atoms with Crippen LogP contribution in [0, 0.1) is 5.92 Å². The molecule has 20 heavy (non-hydrogen) atoms. The summed E-state index contributed by atoms with van der Waals surface area (Å²) in [5.41, 5.74) is 1.60. The first-order valence-corrected chi connectivity index (χ1v) is 7.35. The fraction of sp³-hybridized carbons (Fsp3) is 0.588. The first kappa shape index (κ1) is 16.5. The van der Waals surface area contributed by atoms with Crippen LogP contribution in [0.1, 0.15) is 53.0 Å². The van der Waals surface area contributed by atoms with Gasteiger partial charge in [-0.25, -0.2) is 4.79 Å². The Hall–Kier alpha value is -1.51. The highest BCUT2D eigenvalue weighted by Gasteiger charge is 2.15. The molecule has 1 N–H and O–H groups in total. The van der Waals surface area contributed by atoms with Crippen LogP contribution in [0.2, 0.25) is 0 Å². The minimum Gasteiger partial charge on any atom is -0.444 e. The van der Waals surface area contributed by atoms with Crippen molar-refractivity contribution in [3.63, 3.8) is 0 Å². The predicted molar refractivity (Wildman–Crippen MR) is 84.1 cm³/mol. The topological polar surface area (TPSA) is 38.3 Å². The molecule has 0 aromatic heterocycles. The van der Waals surface area contributed by atoms with Gasteiger partial charge in [-0.15, -0.1) is 0 Å². The van der Waals surface area contributed by atoms with Crippen molar-refractivity contribution in [3.05, 3.63) is 29.8 Å². The number of ether oxygens (including phenoxy) is 1. The second kappa shape index (κ2) is 7.32. The van der Waals surface area contributed by atoms with Gasteiger partial charge in [0.25, 0.3) is 0 Å². The summed E-state index contributed by atoms with van der Waals surface area (Å²) in [5.74, 6) is 0.753. The molecule has 0 atom stereocenters. The van der Waals surface area contributed by atoms with E-state index >= 15 is 0 Å². The van der Waals surface area contributed by atoms with Crippen molar-refractivity contribution in [1.29, 1.82) is 0 Å². The Bertz CT molecular complexity index is 416. The maximum Gasteiger partial charge on any atom is 0.412 e. The molecule has 0 spiro atoms. The van der Waals surface area contributed by atoms with Gasteiger partial charge in [-0.1, -0.05) is 32.4 Å². The van der Waals surface area contributed by atoms with Crippen molar-refractivity contribution >= 4 is 11.8 Å². The van der Waals surface area contributed by atoms with Gasteiger partial charge in [-0.3, -0.25) is 5.32 Å². The Morgan fingerprint density at radius 2 is 1.80 bits per heavy atom. The van der Waals surface area contributed by atoms with Crippen LogP contribution in [0.25, 0.3) is 0 Å². The number of hydrogen-bond acceptors (Lipinski definition) is 2. The zero-order chi connectivity index (χ0) is 15.2. The summed E-state index contributed by atoms with van der Waals surface area (Å²) in [5, 5.41) is 2.74. The molecule has 0 heterocycles. The van der Waals surface area contributed by atoms with Gasteiger partial charge in [-0.2, -0.15) is 0 Å². The Morgan fingerprint density at radius 3 is 2.30 bits per heavy atom. The van der Waals surface area contributed by atoms with Crippen LogP contribution in [0.5, 0.6) is 0 Å². The standard InChI is InChI=1S/C17H27NO2/c1-13(2)7-6-8-14-9-11-15(12-10-14)18-16(19)20-17(3,4)5/h9-13H,6-8H2,1-5H3,(H,18,19). The third-order valence-corrected chi connectivity index (χ3v) is 2.85. The second-order valence-corrected chi connectivity index (χ2v) is 6.61. The molecule has 1 aromatic rings. The Kier molecular flexibility index (Phi) is 6.05. The van der Waals surface area contributed by atoms with Crippen LogP contribution in [0.4, 0.5) is 10.5 Å². The lowest BCUT2D eigenvalue weighted by Crippen LogP contribution is -2.27. The maximum absolute atomic E-state index is 11.6. The number of aryl methyl sites for hydroxylation is 1. The van der Waals surface area contributed by atoms with Gasteiger partial charge in [0.05, 0.1) is 0 Å². The Morgan fingerprint density at radius 1 is 1.20 bits per heavy atom. The normalized spacial score (nSPS) is 11.5. The van der Waals surface area contributed by atoms with E-state index in [2.05, 4.69) is 31.3 Å². The largest absolute Gasteiger partial charge is 0.444 e. The number of benzene rings is 1. The van der Waals surface area contributed by atoms with Crippen molar-refractivity contribution in [2.75, 3.05) is 5.32 Å². The average molecular weight is 277 g/mol. The zero-order valence-electron chi connectivity index (χ0n) is 13.3. The molecule has 0 unspecified atom stereocenters. The first-order valence-electron chi connectivity index (χ1n) is 7.35. The number of hydrogen-bond donors (Lipinski definition) is 1. The third kappa shape index (κ3) is 7.17. The highest BCUT2D eigenvalue weighted by Crippen LogP contribution is 2.15. The predicted octanol–water partition coefficient (Wildman–Crippen LogP) is 5.01. The van der Waals surface area contributed by atoms with Gasteiger partial charge in [0.1, 0.15) is 5.60 Å². The van der Waals surface area contributed by atoms with Gasteiger partial charge in [0.2, 0.25) is 0 Å². The summed E-state index contributed by atoms with van der Waals surface area (Å²) >= 11 is 0. The molecule has 0 aliphatic rings. The van der Waals surface area contributed by atoms with Crippen LogP contribution >= 0.6 is 0 Å². The molecule has 1 rings (SSSR count). The van der Waals surface area contributed by atoms with Gasteiger partial charge < -0.3 is 4.74 Å². The summed E-state index contributed by atoms with van der Waals surface area (Å²) in [4.78, 5) is 11.6. The van der Waals surface area contributed by atoms with E-state index < -0.39 is 11.7 Å². The van der Waals surface area contributed by atoms with Crippen molar-refractivity contribution in [1.82, 2.24) is 0 Å². The monoisotopic (exact) mass is 277 g/mol. The number of carbonyl (C=O) groups excluding carboxylic acids is 1. The van der Waals surface area contributed by atoms with E-state index in [1.807, 2.05) is 32.9 Å².